The average Bonchev–Trinajstić information content (AvgIpc) is 2.69. The molecule has 0 atom stereocenters. The molecule has 1 aromatic carbocycles. The van der Waals surface area contributed by atoms with E-state index in [2.05, 4.69) is 5.10 Å². The van der Waals surface area contributed by atoms with Crippen molar-refractivity contribution in [2.75, 3.05) is 0 Å². The van der Waals surface area contributed by atoms with Gasteiger partial charge in [0.2, 0.25) is 0 Å². The Morgan fingerprint density at radius 3 is 2.77 bits per heavy atom. The van der Waals surface area contributed by atoms with E-state index in [1.807, 2.05) is 20.9 Å². The lowest BCUT2D eigenvalue weighted by atomic mass is 10.2. The summed E-state index contributed by atoms with van der Waals surface area (Å²) in [5.74, 6) is -1.06. The van der Waals surface area contributed by atoms with E-state index in [-0.39, 0.29) is 17.2 Å². The number of aryl methyl sites for hydroxylation is 2. The number of esters is 1. The fourth-order valence-corrected chi connectivity index (χ4v) is 2.26. The molecule has 2 aromatic rings. The summed E-state index contributed by atoms with van der Waals surface area (Å²) in [6.07, 6.45) is 2.94. The fraction of sp³-hybridized carbons (Fsp3) is 0.250. The third kappa shape index (κ3) is 3.54. The molecular weight excluding hydrogens is 307 g/mol. The number of rotatable bonds is 4. The minimum Gasteiger partial charge on any atom is -0.457 e. The topological polar surface area (TPSA) is 44.1 Å². The Morgan fingerprint density at radius 2 is 2.18 bits per heavy atom. The van der Waals surface area contributed by atoms with Crippen LogP contribution in [0.4, 0.5) is 4.39 Å². The highest BCUT2D eigenvalue weighted by atomic mass is 35.5. The lowest BCUT2D eigenvalue weighted by Crippen LogP contribution is -2.03. The third-order valence-corrected chi connectivity index (χ3v) is 3.73. The van der Waals surface area contributed by atoms with Crippen molar-refractivity contribution in [3.63, 3.8) is 0 Å². The zero-order valence-electron chi connectivity index (χ0n) is 12.6. The minimum absolute atomic E-state index is 0.166. The SMILES string of the molecule is Cc1nn(C)c(C)c1/C=C/C(=O)OCc1c(F)cccc1Cl. The van der Waals surface area contributed by atoms with Gasteiger partial charge >= 0.3 is 5.97 Å². The molecule has 0 N–H and O–H groups in total. The van der Waals surface area contributed by atoms with E-state index in [0.717, 1.165) is 17.0 Å². The Balaban J connectivity index is 2.03. The molecule has 0 bridgehead atoms. The number of benzene rings is 1. The van der Waals surface area contributed by atoms with Gasteiger partial charge < -0.3 is 4.74 Å². The summed E-state index contributed by atoms with van der Waals surface area (Å²) in [7, 11) is 1.83. The molecule has 1 aromatic heterocycles. The third-order valence-electron chi connectivity index (χ3n) is 3.37. The van der Waals surface area contributed by atoms with E-state index in [4.69, 9.17) is 16.3 Å². The maximum Gasteiger partial charge on any atom is 0.331 e. The molecule has 0 saturated carbocycles. The molecule has 0 aliphatic rings. The van der Waals surface area contributed by atoms with Crippen LogP contribution in [0.1, 0.15) is 22.5 Å². The fourth-order valence-electron chi connectivity index (χ4n) is 2.04. The van der Waals surface area contributed by atoms with Gasteiger partial charge in [0.05, 0.1) is 10.7 Å². The van der Waals surface area contributed by atoms with Gasteiger partial charge in [-0.25, -0.2) is 9.18 Å². The number of hydrogen-bond acceptors (Lipinski definition) is 3. The van der Waals surface area contributed by atoms with Crippen LogP contribution in [0.15, 0.2) is 24.3 Å². The van der Waals surface area contributed by atoms with Crippen molar-refractivity contribution in [2.24, 2.45) is 7.05 Å². The molecule has 0 spiro atoms. The molecule has 116 valence electrons. The van der Waals surface area contributed by atoms with Crippen molar-refractivity contribution in [2.45, 2.75) is 20.5 Å². The van der Waals surface area contributed by atoms with Gasteiger partial charge in [-0.05, 0) is 32.1 Å². The molecule has 0 aliphatic carbocycles. The van der Waals surface area contributed by atoms with Crippen molar-refractivity contribution in [1.82, 2.24) is 9.78 Å². The first-order chi connectivity index (χ1) is 10.4. The van der Waals surface area contributed by atoms with Crippen molar-refractivity contribution in [3.8, 4) is 0 Å². The lowest BCUT2D eigenvalue weighted by molar-refractivity contribution is -0.138. The molecule has 0 aliphatic heterocycles. The molecule has 6 heteroatoms. The van der Waals surface area contributed by atoms with E-state index in [1.54, 1.807) is 16.8 Å². The van der Waals surface area contributed by atoms with Crippen molar-refractivity contribution < 1.29 is 13.9 Å². The number of ether oxygens (including phenoxy) is 1. The van der Waals surface area contributed by atoms with Crippen LogP contribution < -0.4 is 0 Å². The largest absolute Gasteiger partial charge is 0.457 e. The molecule has 4 nitrogen and oxygen atoms in total. The Labute approximate surface area is 133 Å². The van der Waals surface area contributed by atoms with Gasteiger partial charge in [-0.2, -0.15) is 5.10 Å². The maximum atomic E-state index is 13.6. The first-order valence-electron chi connectivity index (χ1n) is 6.68. The summed E-state index contributed by atoms with van der Waals surface area (Å²) < 4.78 is 20.3. The first kappa shape index (κ1) is 16.2. The number of carbonyl (C=O) groups excluding carboxylic acids is 1. The summed E-state index contributed by atoms with van der Waals surface area (Å²) in [5, 5.41) is 4.48. The number of halogens is 2. The van der Waals surface area contributed by atoms with Crippen LogP contribution in [0, 0.1) is 19.7 Å². The van der Waals surface area contributed by atoms with Crippen LogP contribution in [0.3, 0.4) is 0 Å². The maximum absolute atomic E-state index is 13.6. The van der Waals surface area contributed by atoms with Crippen LogP contribution in [0.25, 0.3) is 6.08 Å². The summed E-state index contributed by atoms with van der Waals surface area (Å²) in [6, 6.07) is 4.32. The van der Waals surface area contributed by atoms with Crippen molar-refractivity contribution >= 4 is 23.6 Å². The van der Waals surface area contributed by atoms with E-state index < -0.39 is 11.8 Å². The van der Waals surface area contributed by atoms with Gasteiger partial charge in [0.25, 0.3) is 0 Å². The Kier molecular flexibility index (Phi) is 4.98. The van der Waals surface area contributed by atoms with Crippen molar-refractivity contribution in [3.05, 3.63) is 57.6 Å². The zero-order chi connectivity index (χ0) is 16.3. The number of nitrogens with zero attached hydrogens (tertiary/aromatic N) is 2. The predicted octanol–water partition coefficient (Wildman–Crippen LogP) is 3.59. The highest BCUT2D eigenvalue weighted by molar-refractivity contribution is 6.31. The smallest absolute Gasteiger partial charge is 0.331 e. The molecule has 0 amide bonds. The van der Waals surface area contributed by atoms with Gasteiger partial charge in [0, 0.05) is 29.9 Å². The van der Waals surface area contributed by atoms with E-state index in [0.29, 0.717) is 0 Å². The summed E-state index contributed by atoms with van der Waals surface area (Å²) in [4.78, 5) is 11.7. The molecule has 1 heterocycles. The first-order valence-corrected chi connectivity index (χ1v) is 7.06. The van der Waals surface area contributed by atoms with Crippen LogP contribution >= 0.6 is 11.6 Å². The number of aromatic nitrogens is 2. The van der Waals surface area contributed by atoms with Gasteiger partial charge in [-0.15, -0.1) is 0 Å². The van der Waals surface area contributed by atoms with Crippen molar-refractivity contribution in [1.29, 1.82) is 0 Å². The normalized spacial score (nSPS) is 11.1. The minimum atomic E-state index is -0.568. The summed E-state index contributed by atoms with van der Waals surface area (Å²) >= 11 is 5.87. The Bertz CT molecular complexity index is 718. The van der Waals surface area contributed by atoms with E-state index in [9.17, 15) is 9.18 Å². The summed E-state index contributed by atoms with van der Waals surface area (Å²) in [5.41, 5.74) is 2.79. The van der Waals surface area contributed by atoms with Crippen LogP contribution in [0.2, 0.25) is 5.02 Å². The molecule has 2 rings (SSSR count). The zero-order valence-corrected chi connectivity index (χ0v) is 13.3. The second kappa shape index (κ2) is 6.75. The molecule has 0 fully saturated rings. The quantitative estimate of drug-likeness (QED) is 0.638. The second-order valence-corrected chi connectivity index (χ2v) is 5.26. The van der Waals surface area contributed by atoms with Gasteiger partial charge in [-0.3, -0.25) is 4.68 Å². The lowest BCUT2D eigenvalue weighted by Gasteiger charge is -2.05. The van der Waals surface area contributed by atoms with Crippen LogP contribution in [-0.4, -0.2) is 15.7 Å². The van der Waals surface area contributed by atoms with Gasteiger partial charge in [-0.1, -0.05) is 17.7 Å². The molecule has 0 unspecified atom stereocenters. The number of carbonyl (C=O) groups is 1. The molecular formula is C16H16ClFN2O2. The predicted molar refractivity (Wildman–Crippen MR) is 82.9 cm³/mol. The average molecular weight is 323 g/mol. The molecule has 0 saturated heterocycles. The highest BCUT2D eigenvalue weighted by Gasteiger charge is 2.10. The second-order valence-electron chi connectivity index (χ2n) is 4.85. The van der Waals surface area contributed by atoms with E-state index >= 15 is 0 Å². The molecule has 22 heavy (non-hydrogen) atoms. The van der Waals surface area contributed by atoms with Crippen LogP contribution in [-0.2, 0) is 23.2 Å². The Morgan fingerprint density at radius 1 is 1.45 bits per heavy atom. The molecule has 0 radical (unpaired) electrons. The highest BCUT2D eigenvalue weighted by Crippen LogP contribution is 2.20. The standard InChI is InChI=1S/C16H16ClFN2O2/c1-10-12(11(2)20(3)19-10)7-8-16(21)22-9-13-14(17)5-4-6-15(13)18/h4-8H,9H2,1-3H3/b8-7+. The van der Waals surface area contributed by atoms with Crippen LogP contribution in [0.5, 0.6) is 0 Å². The number of hydrogen-bond donors (Lipinski definition) is 0. The monoisotopic (exact) mass is 322 g/mol. The van der Waals surface area contributed by atoms with Gasteiger partial charge in [0.15, 0.2) is 0 Å². The van der Waals surface area contributed by atoms with E-state index in [1.165, 1.54) is 18.2 Å². The summed E-state index contributed by atoms with van der Waals surface area (Å²) in [6.45, 7) is 3.56. The Hall–Kier alpha value is -2.14. The van der Waals surface area contributed by atoms with Gasteiger partial charge in [0.1, 0.15) is 12.4 Å².